The van der Waals surface area contributed by atoms with Gasteiger partial charge >= 0.3 is 5.63 Å². The number of fused-ring (bicyclic) bond motifs is 1. The van der Waals surface area contributed by atoms with Crippen LogP contribution in [0, 0.1) is 12.8 Å². The molecule has 2 N–H and O–H groups in total. The molecule has 1 fully saturated rings. The Labute approximate surface area is 124 Å². The largest absolute Gasteiger partial charge is 0.508 e. The fraction of sp³-hybridized carbons (Fsp3) is 0.471. The molecule has 4 heteroatoms. The molecule has 2 heterocycles. The zero-order valence-electron chi connectivity index (χ0n) is 12.6. The highest BCUT2D eigenvalue weighted by Crippen LogP contribution is 2.27. The van der Waals surface area contributed by atoms with Gasteiger partial charge in [-0.25, -0.2) is 4.79 Å². The van der Waals surface area contributed by atoms with E-state index in [1.54, 1.807) is 19.1 Å². The summed E-state index contributed by atoms with van der Waals surface area (Å²) in [4.78, 5) is 13.3. The fourth-order valence-electron chi connectivity index (χ4n) is 3.39. The topological polar surface area (TPSA) is 54.9 Å². The van der Waals surface area contributed by atoms with Gasteiger partial charge in [-0.2, -0.15) is 0 Å². The summed E-state index contributed by atoms with van der Waals surface area (Å²) in [7, 11) is 0. The van der Waals surface area contributed by atoms with Crippen molar-refractivity contribution in [1.29, 1.82) is 0 Å². The van der Waals surface area contributed by atoms with Gasteiger partial charge in [0.2, 0.25) is 0 Å². The third-order valence-electron chi connectivity index (χ3n) is 4.52. The van der Waals surface area contributed by atoms with Crippen molar-refractivity contribution in [2.24, 2.45) is 5.92 Å². The molecule has 2 aromatic rings. The Balaban J connectivity index is 2.02. The molecule has 0 aliphatic carbocycles. The number of hydrogen-bond donors (Lipinski definition) is 2. The predicted octanol–water partition coefficient (Wildman–Crippen LogP) is 1.62. The molecular formula is C17H22NO3+. The van der Waals surface area contributed by atoms with Gasteiger partial charge in [-0.3, -0.25) is 0 Å². The lowest BCUT2D eigenvalue weighted by Gasteiger charge is -2.28. The standard InChI is InChI=1S/C17H21NO3/c1-11-4-3-7-18(9-11)10-13-8-16(20)21-17-12(2)15(19)6-5-14(13)17/h5-6,8,11,19H,3-4,7,9-10H2,1-2H3/p+1/t11-/m0/s1. The predicted molar refractivity (Wildman–Crippen MR) is 81.7 cm³/mol. The number of aryl methyl sites for hydroxylation is 1. The van der Waals surface area contributed by atoms with E-state index in [-0.39, 0.29) is 11.4 Å². The molecule has 21 heavy (non-hydrogen) atoms. The molecule has 3 rings (SSSR count). The third kappa shape index (κ3) is 2.81. The Hall–Kier alpha value is -1.81. The Bertz CT molecular complexity index is 720. The molecule has 1 saturated heterocycles. The van der Waals surface area contributed by atoms with Crippen molar-refractivity contribution < 1.29 is 14.4 Å². The maximum absolute atomic E-state index is 11.8. The average molecular weight is 288 g/mol. The molecule has 0 amide bonds. The Kier molecular flexibility index (Phi) is 3.72. The lowest BCUT2D eigenvalue weighted by atomic mass is 9.99. The summed E-state index contributed by atoms with van der Waals surface area (Å²) in [5, 5.41) is 10.7. The summed E-state index contributed by atoms with van der Waals surface area (Å²) in [6.07, 6.45) is 2.55. The average Bonchev–Trinajstić information content (AvgIpc) is 2.43. The number of benzene rings is 1. The van der Waals surface area contributed by atoms with Crippen LogP contribution in [0.4, 0.5) is 0 Å². The molecule has 0 saturated carbocycles. The van der Waals surface area contributed by atoms with Crippen molar-refractivity contribution in [2.45, 2.75) is 33.2 Å². The van der Waals surface area contributed by atoms with Crippen LogP contribution in [-0.4, -0.2) is 18.2 Å². The van der Waals surface area contributed by atoms with E-state index in [1.165, 1.54) is 17.7 Å². The lowest BCUT2D eigenvalue weighted by molar-refractivity contribution is -0.922. The number of phenols is 1. The van der Waals surface area contributed by atoms with E-state index in [4.69, 9.17) is 4.42 Å². The maximum atomic E-state index is 11.8. The molecule has 4 nitrogen and oxygen atoms in total. The van der Waals surface area contributed by atoms with Crippen molar-refractivity contribution in [3.05, 3.63) is 39.7 Å². The second-order valence-electron chi connectivity index (χ2n) is 6.31. The summed E-state index contributed by atoms with van der Waals surface area (Å²) in [5.41, 5.74) is 1.83. The Morgan fingerprint density at radius 1 is 1.43 bits per heavy atom. The normalized spacial score (nSPS) is 22.6. The third-order valence-corrected chi connectivity index (χ3v) is 4.52. The van der Waals surface area contributed by atoms with Crippen molar-refractivity contribution in [3.8, 4) is 5.75 Å². The summed E-state index contributed by atoms with van der Waals surface area (Å²) in [5.74, 6) is 0.910. The van der Waals surface area contributed by atoms with E-state index in [9.17, 15) is 9.90 Å². The van der Waals surface area contributed by atoms with Crippen LogP contribution >= 0.6 is 0 Å². The quantitative estimate of drug-likeness (QED) is 0.826. The van der Waals surface area contributed by atoms with Crippen molar-refractivity contribution in [2.75, 3.05) is 13.1 Å². The summed E-state index contributed by atoms with van der Waals surface area (Å²) >= 11 is 0. The van der Waals surface area contributed by atoms with E-state index in [0.717, 1.165) is 36.5 Å². The molecule has 0 bridgehead atoms. The summed E-state index contributed by atoms with van der Waals surface area (Å²) in [6, 6.07) is 5.13. The first-order chi connectivity index (χ1) is 10.0. The van der Waals surface area contributed by atoms with Crippen molar-refractivity contribution >= 4 is 11.0 Å². The van der Waals surface area contributed by atoms with Gasteiger partial charge in [0.15, 0.2) is 0 Å². The van der Waals surface area contributed by atoms with Crippen molar-refractivity contribution in [1.82, 2.24) is 0 Å². The van der Waals surface area contributed by atoms with Gasteiger partial charge in [0.25, 0.3) is 0 Å². The van der Waals surface area contributed by atoms with Gasteiger partial charge in [-0.15, -0.1) is 0 Å². The van der Waals surface area contributed by atoms with Crippen LogP contribution in [0.25, 0.3) is 11.0 Å². The van der Waals surface area contributed by atoms with Crippen LogP contribution in [0.5, 0.6) is 5.75 Å². The minimum absolute atomic E-state index is 0.168. The van der Waals surface area contributed by atoms with Crippen LogP contribution in [0.2, 0.25) is 0 Å². The minimum Gasteiger partial charge on any atom is -0.508 e. The molecular weight excluding hydrogens is 266 g/mol. The number of rotatable bonds is 2. The number of likely N-dealkylation sites (tertiary alicyclic amines) is 1. The Morgan fingerprint density at radius 2 is 2.24 bits per heavy atom. The van der Waals surface area contributed by atoms with Gasteiger partial charge in [0.1, 0.15) is 17.9 Å². The minimum atomic E-state index is -0.337. The number of phenolic OH excluding ortho intramolecular Hbond substituents is 1. The number of piperidine rings is 1. The molecule has 1 aromatic carbocycles. The second kappa shape index (κ2) is 5.53. The first-order valence-electron chi connectivity index (χ1n) is 7.63. The number of aromatic hydroxyl groups is 1. The van der Waals surface area contributed by atoms with E-state index >= 15 is 0 Å². The summed E-state index contributed by atoms with van der Waals surface area (Å²) < 4.78 is 5.30. The summed E-state index contributed by atoms with van der Waals surface area (Å²) in [6.45, 7) is 7.22. The molecule has 0 radical (unpaired) electrons. The molecule has 1 aliphatic rings. The van der Waals surface area contributed by atoms with Crippen LogP contribution in [0.15, 0.2) is 27.4 Å². The number of quaternary nitrogens is 1. The van der Waals surface area contributed by atoms with Gasteiger partial charge in [-0.1, -0.05) is 6.92 Å². The smallest absolute Gasteiger partial charge is 0.336 e. The molecule has 1 aliphatic heterocycles. The van der Waals surface area contributed by atoms with E-state index < -0.39 is 0 Å². The first-order valence-corrected chi connectivity index (χ1v) is 7.63. The monoisotopic (exact) mass is 288 g/mol. The highest BCUT2D eigenvalue weighted by Gasteiger charge is 2.21. The van der Waals surface area contributed by atoms with Gasteiger partial charge in [0.05, 0.1) is 13.1 Å². The molecule has 2 atom stereocenters. The van der Waals surface area contributed by atoms with Crippen LogP contribution in [-0.2, 0) is 6.54 Å². The Morgan fingerprint density at radius 3 is 3.00 bits per heavy atom. The molecule has 112 valence electrons. The highest BCUT2D eigenvalue weighted by molar-refractivity contribution is 5.84. The SMILES string of the molecule is Cc1c(O)ccc2c(C[NH+]3CCC[C@H](C)C3)cc(=O)oc12. The lowest BCUT2D eigenvalue weighted by Crippen LogP contribution is -3.12. The molecule has 0 spiro atoms. The zero-order valence-corrected chi connectivity index (χ0v) is 12.6. The molecule has 1 unspecified atom stereocenters. The number of nitrogens with one attached hydrogen (secondary N) is 1. The highest BCUT2D eigenvalue weighted by atomic mass is 16.4. The zero-order chi connectivity index (χ0) is 15.0. The number of hydrogen-bond acceptors (Lipinski definition) is 3. The van der Waals surface area contributed by atoms with E-state index in [2.05, 4.69) is 6.92 Å². The maximum Gasteiger partial charge on any atom is 0.336 e. The van der Waals surface area contributed by atoms with Crippen LogP contribution in [0.1, 0.15) is 30.9 Å². The van der Waals surface area contributed by atoms with Gasteiger partial charge < -0.3 is 14.4 Å². The van der Waals surface area contributed by atoms with E-state index in [0.29, 0.717) is 11.1 Å². The van der Waals surface area contributed by atoms with E-state index in [1.807, 2.05) is 6.07 Å². The second-order valence-corrected chi connectivity index (χ2v) is 6.31. The first kappa shape index (κ1) is 14.1. The molecule has 1 aromatic heterocycles. The van der Waals surface area contributed by atoms with Crippen molar-refractivity contribution in [3.63, 3.8) is 0 Å². The van der Waals surface area contributed by atoms with Crippen LogP contribution in [0.3, 0.4) is 0 Å². The van der Waals surface area contributed by atoms with Gasteiger partial charge in [-0.05, 0) is 31.9 Å². The fourth-order valence-corrected chi connectivity index (χ4v) is 3.39. The van der Waals surface area contributed by atoms with Crippen LogP contribution < -0.4 is 10.5 Å². The van der Waals surface area contributed by atoms with Gasteiger partial charge in [0, 0.05) is 28.5 Å².